The van der Waals surface area contributed by atoms with Crippen LogP contribution in [0.2, 0.25) is 0 Å². The van der Waals surface area contributed by atoms with E-state index in [1.807, 2.05) is 54.6 Å². The van der Waals surface area contributed by atoms with Crippen molar-refractivity contribution in [3.05, 3.63) is 60.2 Å². The van der Waals surface area contributed by atoms with E-state index in [4.69, 9.17) is 9.57 Å². The molecule has 3 rings (SSSR count). The molecular weight excluding hydrogens is 226 g/mol. The van der Waals surface area contributed by atoms with Gasteiger partial charge >= 0.3 is 0 Å². The minimum absolute atomic E-state index is 0.647. The maximum atomic E-state index is 5.57. The molecule has 0 aromatic heterocycles. The molecule has 1 aliphatic heterocycles. The Morgan fingerprint density at radius 3 is 2.61 bits per heavy atom. The highest BCUT2D eigenvalue weighted by atomic mass is 16.6. The van der Waals surface area contributed by atoms with E-state index in [9.17, 15) is 0 Å². The van der Waals surface area contributed by atoms with E-state index in [0.717, 1.165) is 29.2 Å². The molecule has 0 aliphatic carbocycles. The predicted molar refractivity (Wildman–Crippen MR) is 70.2 cm³/mol. The smallest absolute Gasteiger partial charge is 0.157 e. The Kier molecular flexibility index (Phi) is 2.96. The highest BCUT2D eigenvalue weighted by Crippen LogP contribution is 2.24. The van der Waals surface area contributed by atoms with Crippen LogP contribution >= 0.6 is 0 Å². The number of fused-ring (bicyclic) bond motifs is 1. The van der Waals surface area contributed by atoms with Gasteiger partial charge in [-0.15, -0.1) is 0 Å². The lowest BCUT2D eigenvalue weighted by atomic mass is 10.0. The summed E-state index contributed by atoms with van der Waals surface area (Å²) >= 11 is 0. The first-order valence-electron chi connectivity index (χ1n) is 5.94. The maximum absolute atomic E-state index is 5.57. The van der Waals surface area contributed by atoms with Crippen molar-refractivity contribution in [2.75, 3.05) is 6.61 Å². The number of hydrogen-bond acceptors (Lipinski definition) is 3. The number of rotatable bonds is 2. The van der Waals surface area contributed by atoms with E-state index in [1.54, 1.807) is 0 Å². The van der Waals surface area contributed by atoms with Crippen LogP contribution < -0.4 is 9.57 Å². The Labute approximate surface area is 106 Å². The monoisotopic (exact) mass is 239 g/mol. The Morgan fingerprint density at radius 1 is 0.944 bits per heavy atom. The van der Waals surface area contributed by atoms with Gasteiger partial charge in [0.25, 0.3) is 0 Å². The molecule has 90 valence electrons. The van der Waals surface area contributed by atoms with Crippen LogP contribution in [0.25, 0.3) is 0 Å². The summed E-state index contributed by atoms with van der Waals surface area (Å²) in [5.74, 6) is 1.62. The first kappa shape index (κ1) is 10.8. The summed E-state index contributed by atoms with van der Waals surface area (Å²) in [5, 5.41) is 4.23. The highest BCUT2D eigenvalue weighted by molar-refractivity contribution is 6.03. The van der Waals surface area contributed by atoms with E-state index in [1.165, 1.54) is 0 Å². The standard InChI is InChI=1S/C15H13NO2/c1-2-6-12(7-3-1)18-16-14-10-11-17-15-9-5-4-8-13(14)15/h1-9H,10-11H2/b16-14+. The van der Waals surface area contributed by atoms with Crippen molar-refractivity contribution in [3.8, 4) is 11.5 Å². The normalized spacial score (nSPS) is 15.9. The average Bonchev–Trinajstić information content (AvgIpc) is 2.46. The number of benzene rings is 2. The Bertz CT molecular complexity index is 564. The average molecular weight is 239 g/mol. The molecule has 0 fully saturated rings. The molecule has 0 spiro atoms. The molecule has 0 saturated carbocycles. The predicted octanol–water partition coefficient (Wildman–Crippen LogP) is 3.25. The zero-order chi connectivity index (χ0) is 12.2. The van der Waals surface area contributed by atoms with Crippen LogP contribution in [-0.4, -0.2) is 12.3 Å². The van der Waals surface area contributed by atoms with E-state index < -0.39 is 0 Å². The van der Waals surface area contributed by atoms with Crippen molar-refractivity contribution in [1.29, 1.82) is 0 Å². The molecule has 0 atom stereocenters. The van der Waals surface area contributed by atoms with Crippen molar-refractivity contribution in [1.82, 2.24) is 0 Å². The van der Waals surface area contributed by atoms with Gasteiger partial charge in [0.1, 0.15) is 5.75 Å². The number of nitrogens with zero attached hydrogens (tertiary/aromatic N) is 1. The van der Waals surface area contributed by atoms with E-state index >= 15 is 0 Å². The van der Waals surface area contributed by atoms with E-state index in [2.05, 4.69) is 5.16 Å². The SMILES string of the molecule is c1ccc(O/N=C2\CCOc3ccccc32)cc1. The van der Waals surface area contributed by atoms with Crippen LogP contribution in [-0.2, 0) is 0 Å². The second-order valence-corrected chi connectivity index (χ2v) is 4.04. The van der Waals surface area contributed by atoms with Gasteiger partial charge in [0.2, 0.25) is 0 Å². The molecule has 0 amide bonds. The molecule has 0 radical (unpaired) electrons. The Hall–Kier alpha value is -2.29. The quantitative estimate of drug-likeness (QED) is 0.753. The third-order valence-electron chi connectivity index (χ3n) is 2.80. The summed E-state index contributed by atoms with van der Waals surface area (Å²) in [7, 11) is 0. The van der Waals surface area contributed by atoms with Crippen LogP contribution in [0, 0.1) is 0 Å². The second kappa shape index (κ2) is 4.92. The summed E-state index contributed by atoms with van der Waals surface area (Å²) in [6.45, 7) is 0.647. The first-order chi connectivity index (χ1) is 8.93. The van der Waals surface area contributed by atoms with Gasteiger partial charge in [0.15, 0.2) is 5.75 Å². The lowest BCUT2D eigenvalue weighted by Gasteiger charge is -2.18. The summed E-state index contributed by atoms with van der Waals surface area (Å²) in [4.78, 5) is 5.43. The number of ether oxygens (including phenoxy) is 1. The Balaban J connectivity index is 1.85. The third kappa shape index (κ3) is 2.20. The third-order valence-corrected chi connectivity index (χ3v) is 2.80. The minimum atomic E-state index is 0.647. The van der Waals surface area contributed by atoms with Crippen molar-refractivity contribution >= 4 is 5.71 Å². The molecule has 0 bridgehead atoms. The summed E-state index contributed by atoms with van der Waals surface area (Å²) < 4.78 is 5.57. The van der Waals surface area contributed by atoms with Gasteiger partial charge in [-0.25, -0.2) is 0 Å². The topological polar surface area (TPSA) is 30.8 Å². The van der Waals surface area contributed by atoms with E-state index in [-0.39, 0.29) is 0 Å². The molecule has 1 heterocycles. The van der Waals surface area contributed by atoms with E-state index in [0.29, 0.717) is 6.61 Å². The van der Waals surface area contributed by atoms with Crippen LogP contribution in [0.15, 0.2) is 59.8 Å². The van der Waals surface area contributed by atoms with Crippen molar-refractivity contribution in [2.45, 2.75) is 6.42 Å². The van der Waals surface area contributed by atoms with Gasteiger partial charge in [0, 0.05) is 12.0 Å². The highest BCUT2D eigenvalue weighted by Gasteiger charge is 2.16. The van der Waals surface area contributed by atoms with Crippen LogP contribution in [0.5, 0.6) is 11.5 Å². The van der Waals surface area contributed by atoms with Crippen molar-refractivity contribution < 1.29 is 9.57 Å². The van der Waals surface area contributed by atoms with Gasteiger partial charge in [-0.05, 0) is 24.3 Å². The van der Waals surface area contributed by atoms with Gasteiger partial charge in [0.05, 0.1) is 12.3 Å². The molecule has 2 aromatic rings. The summed E-state index contributed by atoms with van der Waals surface area (Å²) in [6.07, 6.45) is 0.768. The van der Waals surface area contributed by atoms with Crippen molar-refractivity contribution in [3.63, 3.8) is 0 Å². The molecule has 0 unspecified atom stereocenters. The van der Waals surface area contributed by atoms with Crippen LogP contribution in [0.1, 0.15) is 12.0 Å². The van der Waals surface area contributed by atoms with Crippen LogP contribution in [0.3, 0.4) is 0 Å². The molecule has 1 aliphatic rings. The zero-order valence-corrected chi connectivity index (χ0v) is 9.87. The molecule has 0 saturated heterocycles. The van der Waals surface area contributed by atoms with Crippen LogP contribution in [0.4, 0.5) is 0 Å². The number of para-hydroxylation sites is 2. The van der Waals surface area contributed by atoms with Gasteiger partial charge in [-0.2, -0.15) is 0 Å². The largest absolute Gasteiger partial charge is 0.492 e. The summed E-state index contributed by atoms with van der Waals surface area (Å²) in [6, 6.07) is 17.5. The van der Waals surface area contributed by atoms with Gasteiger partial charge in [-0.1, -0.05) is 35.5 Å². The minimum Gasteiger partial charge on any atom is -0.492 e. The maximum Gasteiger partial charge on any atom is 0.157 e. The zero-order valence-electron chi connectivity index (χ0n) is 9.87. The molecule has 3 heteroatoms. The second-order valence-electron chi connectivity index (χ2n) is 4.04. The lowest BCUT2D eigenvalue weighted by molar-refractivity contribution is 0.308. The molecule has 18 heavy (non-hydrogen) atoms. The number of oxime groups is 1. The lowest BCUT2D eigenvalue weighted by Crippen LogP contribution is -2.16. The fourth-order valence-corrected chi connectivity index (χ4v) is 1.91. The fraction of sp³-hybridized carbons (Fsp3) is 0.133. The molecular formula is C15H13NO2. The van der Waals surface area contributed by atoms with Gasteiger partial charge < -0.3 is 9.57 Å². The molecule has 3 nitrogen and oxygen atoms in total. The first-order valence-corrected chi connectivity index (χ1v) is 5.94. The van der Waals surface area contributed by atoms with Crippen molar-refractivity contribution in [2.24, 2.45) is 5.16 Å². The molecule has 0 N–H and O–H groups in total. The van der Waals surface area contributed by atoms with Gasteiger partial charge in [-0.3, -0.25) is 0 Å². The summed E-state index contributed by atoms with van der Waals surface area (Å²) in [5.41, 5.74) is 1.94. The number of hydrogen-bond donors (Lipinski definition) is 0. The Morgan fingerprint density at radius 2 is 1.72 bits per heavy atom. The fourth-order valence-electron chi connectivity index (χ4n) is 1.91. The molecule has 2 aromatic carbocycles.